The van der Waals surface area contributed by atoms with Crippen LogP contribution in [0.15, 0.2) is 4.99 Å². The number of piperazine rings is 1. The van der Waals surface area contributed by atoms with Crippen molar-refractivity contribution in [3.63, 3.8) is 0 Å². The molecule has 146 valence electrons. The van der Waals surface area contributed by atoms with Gasteiger partial charge < -0.3 is 15.5 Å². The number of nitrogens with zero attached hydrogens (tertiary/aromatic N) is 3. The molecule has 1 heterocycles. The second kappa shape index (κ2) is 9.77. The van der Waals surface area contributed by atoms with E-state index >= 15 is 0 Å². The van der Waals surface area contributed by atoms with E-state index in [9.17, 15) is 0 Å². The van der Waals surface area contributed by atoms with Crippen molar-refractivity contribution < 1.29 is 0 Å². The molecule has 0 amide bonds. The van der Waals surface area contributed by atoms with E-state index in [4.69, 9.17) is 4.99 Å². The summed E-state index contributed by atoms with van der Waals surface area (Å²) in [7, 11) is 2.22. The van der Waals surface area contributed by atoms with Crippen molar-refractivity contribution >= 4 is 5.96 Å². The van der Waals surface area contributed by atoms with E-state index in [1.54, 1.807) is 0 Å². The quantitative estimate of drug-likeness (QED) is 0.520. The SMILES string of the molecule is CCNC(=NCC1(CC)CCC1)NCC(C(C)C)N1CCN(C)CC1. The summed E-state index contributed by atoms with van der Waals surface area (Å²) < 4.78 is 0. The van der Waals surface area contributed by atoms with Crippen LogP contribution < -0.4 is 10.6 Å². The highest BCUT2D eigenvalue weighted by atomic mass is 15.3. The van der Waals surface area contributed by atoms with Crippen LogP contribution in [-0.2, 0) is 0 Å². The van der Waals surface area contributed by atoms with Gasteiger partial charge in [0.2, 0.25) is 0 Å². The van der Waals surface area contributed by atoms with Crippen molar-refractivity contribution in [1.82, 2.24) is 20.4 Å². The van der Waals surface area contributed by atoms with E-state index in [2.05, 4.69) is 55.2 Å². The first-order valence-electron chi connectivity index (χ1n) is 10.4. The summed E-state index contributed by atoms with van der Waals surface area (Å²) in [6.07, 6.45) is 5.34. The smallest absolute Gasteiger partial charge is 0.191 e. The van der Waals surface area contributed by atoms with Crippen LogP contribution in [0.3, 0.4) is 0 Å². The van der Waals surface area contributed by atoms with Crippen LogP contribution in [-0.4, -0.2) is 74.7 Å². The number of aliphatic imine (C=N–C) groups is 1. The first kappa shape index (κ1) is 20.5. The Morgan fingerprint density at radius 3 is 2.24 bits per heavy atom. The summed E-state index contributed by atoms with van der Waals surface area (Å²) in [5.41, 5.74) is 0.483. The van der Waals surface area contributed by atoms with E-state index in [-0.39, 0.29) is 0 Å². The summed E-state index contributed by atoms with van der Waals surface area (Å²) in [5.74, 6) is 1.65. The Hall–Kier alpha value is -0.810. The van der Waals surface area contributed by atoms with Crippen molar-refractivity contribution in [1.29, 1.82) is 0 Å². The lowest BCUT2D eigenvalue weighted by Gasteiger charge is -2.41. The minimum absolute atomic E-state index is 0.483. The lowest BCUT2D eigenvalue weighted by Crippen LogP contribution is -2.55. The molecule has 0 aromatic heterocycles. The molecule has 1 saturated heterocycles. The Morgan fingerprint density at radius 2 is 1.76 bits per heavy atom. The van der Waals surface area contributed by atoms with Crippen LogP contribution in [0.2, 0.25) is 0 Å². The predicted octanol–water partition coefficient (Wildman–Crippen LogP) is 2.39. The van der Waals surface area contributed by atoms with Gasteiger partial charge in [-0.25, -0.2) is 0 Å². The van der Waals surface area contributed by atoms with E-state index in [1.807, 2.05) is 0 Å². The number of rotatable bonds is 8. The van der Waals surface area contributed by atoms with E-state index < -0.39 is 0 Å². The molecule has 0 spiro atoms. The highest BCUT2D eigenvalue weighted by Crippen LogP contribution is 2.43. The second-order valence-electron chi connectivity index (χ2n) is 8.43. The van der Waals surface area contributed by atoms with Gasteiger partial charge in [0.1, 0.15) is 0 Å². The summed E-state index contributed by atoms with van der Waals surface area (Å²) in [6, 6.07) is 0.571. The van der Waals surface area contributed by atoms with Gasteiger partial charge in [0.25, 0.3) is 0 Å². The lowest BCUT2D eigenvalue weighted by molar-refractivity contribution is 0.0899. The van der Waals surface area contributed by atoms with Gasteiger partial charge in [-0.1, -0.05) is 27.2 Å². The molecule has 2 aliphatic rings. The van der Waals surface area contributed by atoms with Crippen molar-refractivity contribution in [2.75, 3.05) is 52.9 Å². The largest absolute Gasteiger partial charge is 0.357 e. The number of hydrogen-bond donors (Lipinski definition) is 2. The third-order valence-electron chi connectivity index (χ3n) is 6.34. The minimum Gasteiger partial charge on any atom is -0.357 e. The monoisotopic (exact) mass is 351 g/mol. The summed E-state index contributed by atoms with van der Waals surface area (Å²) in [6.45, 7) is 16.7. The molecule has 1 saturated carbocycles. The molecule has 1 aliphatic heterocycles. The van der Waals surface area contributed by atoms with Gasteiger partial charge in [-0.05, 0) is 44.6 Å². The van der Waals surface area contributed by atoms with Crippen LogP contribution in [0.25, 0.3) is 0 Å². The van der Waals surface area contributed by atoms with Crippen LogP contribution in [0.5, 0.6) is 0 Å². The number of likely N-dealkylation sites (N-methyl/N-ethyl adjacent to an activating group) is 1. The fourth-order valence-corrected chi connectivity index (χ4v) is 4.03. The minimum atomic E-state index is 0.483. The van der Waals surface area contributed by atoms with Crippen LogP contribution in [0.4, 0.5) is 0 Å². The highest BCUT2D eigenvalue weighted by Gasteiger charge is 2.34. The number of hydrogen-bond acceptors (Lipinski definition) is 3. The topological polar surface area (TPSA) is 42.9 Å². The average molecular weight is 352 g/mol. The first-order chi connectivity index (χ1) is 12.0. The fraction of sp³-hybridized carbons (Fsp3) is 0.950. The Bertz CT molecular complexity index is 403. The van der Waals surface area contributed by atoms with Crippen molar-refractivity contribution in [3.05, 3.63) is 0 Å². The van der Waals surface area contributed by atoms with Gasteiger partial charge in [-0.2, -0.15) is 0 Å². The molecule has 1 atom stereocenters. The molecule has 0 radical (unpaired) electrons. The predicted molar refractivity (Wildman–Crippen MR) is 108 cm³/mol. The summed E-state index contributed by atoms with van der Waals surface area (Å²) in [4.78, 5) is 10.0. The standard InChI is InChI=1S/C20H41N5/c1-6-20(9-8-10-20)16-23-19(21-7-2)22-15-18(17(3)4)25-13-11-24(5)12-14-25/h17-18H,6-16H2,1-5H3,(H2,21,22,23). The van der Waals surface area contributed by atoms with Gasteiger partial charge in [0.05, 0.1) is 0 Å². The second-order valence-corrected chi connectivity index (χ2v) is 8.43. The van der Waals surface area contributed by atoms with Crippen molar-refractivity contribution in [3.8, 4) is 0 Å². The zero-order valence-electron chi connectivity index (χ0n) is 17.3. The molecular weight excluding hydrogens is 310 g/mol. The Morgan fingerprint density at radius 1 is 1.08 bits per heavy atom. The lowest BCUT2D eigenvalue weighted by atomic mass is 9.67. The van der Waals surface area contributed by atoms with Gasteiger partial charge in [-0.15, -0.1) is 0 Å². The van der Waals surface area contributed by atoms with Gasteiger partial charge in [0.15, 0.2) is 5.96 Å². The average Bonchev–Trinajstić information content (AvgIpc) is 2.55. The molecule has 5 nitrogen and oxygen atoms in total. The molecule has 2 fully saturated rings. The van der Waals surface area contributed by atoms with Crippen LogP contribution >= 0.6 is 0 Å². The van der Waals surface area contributed by atoms with Crippen LogP contribution in [0.1, 0.15) is 53.4 Å². The third kappa shape index (κ3) is 5.85. The molecule has 5 heteroatoms. The fourth-order valence-electron chi connectivity index (χ4n) is 4.03. The van der Waals surface area contributed by atoms with Gasteiger partial charge >= 0.3 is 0 Å². The maximum atomic E-state index is 4.93. The third-order valence-corrected chi connectivity index (χ3v) is 6.34. The molecule has 0 bridgehead atoms. The molecule has 2 N–H and O–H groups in total. The molecule has 1 unspecified atom stereocenters. The van der Waals surface area contributed by atoms with Crippen LogP contribution in [0, 0.1) is 11.3 Å². The Balaban J connectivity index is 1.90. The van der Waals surface area contributed by atoms with Gasteiger partial charge in [-0.3, -0.25) is 9.89 Å². The van der Waals surface area contributed by atoms with E-state index in [1.165, 1.54) is 51.9 Å². The molecular formula is C20H41N5. The van der Waals surface area contributed by atoms with E-state index in [0.717, 1.165) is 25.6 Å². The normalized spacial score (nSPS) is 23.4. The Kier molecular flexibility index (Phi) is 8.01. The summed E-state index contributed by atoms with van der Waals surface area (Å²) >= 11 is 0. The molecule has 2 rings (SSSR count). The zero-order chi connectivity index (χ0) is 18.3. The van der Waals surface area contributed by atoms with Crippen molar-refractivity contribution in [2.45, 2.75) is 59.4 Å². The van der Waals surface area contributed by atoms with Gasteiger partial charge in [0, 0.05) is 51.9 Å². The molecule has 1 aliphatic carbocycles. The molecule has 0 aromatic rings. The van der Waals surface area contributed by atoms with Crippen molar-refractivity contribution in [2.24, 2.45) is 16.3 Å². The van der Waals surface area contributed by atoms with E-state index in [0.29, 0.717) is 17.4 Å². The Labute approximate surface area is 155 Å². The summed E-state index contributed by atoms with van der Waals surface area (Å²) in [5, 5.41) is 7.08. The maximum absolute atomic E-state index is 4.93. The first-order valence-corrected chi connectivity index (χ1v) is 10.4. The zero-order valence-corrected chi connectivity index (χ0v) is 17.3. The highest BCUT2D eigenvalue weighted by molar-refractivity contribution is 5.79. The molecule has 25 heavy (non-hydrogen) atoms. The number of guanidine groups is 1. The molecule has 0 aromatic carbocycles. The number of nitrogens with one attached hydrogen (secondary N) is 2. The maximum Gasteiger partial charge on any atom is 0.191 e.